The summed E-state index contributed by atoms with van der Waals surface area (Å²) in [6.45, 7) is 16.4. The lowest BCUT2D eigenvalue weighted by Gasteiger charge is -2.37. The van der Waals surface area contributed by atoms with Gasteiger partial charge in [0.15, 0.2) is 0 Å². The van der Waals surface area contributed by atoms with Gasteiger partial charge in [-0.2, -0.15) is 0 Å². The van der Waals surface area contributed by atoms with Crippen LogP contribution in [0.15, 0.2) is 64.4 Å². The number of hydrogen-bond acceptors (Lipinski definition) is 1. The van der Waals surface area contributed by atoms with Crippen LogP contribution < -0.4 is 9.92 Å². The largest absolute Gasteiger partial charge is 0.496 e. The molecular formula is C27H36OSi. The Morgan fingerprint density at radius 2 is 1.52 bits per heavy atom. The van der Waals surface area contributed by atoms with E-state index in [0.717, 1.165) is 5.75 Å². The maximum atomic E-state index is 6.18. The van der Waals surface area contributed by atoms with Crippen LogP contribution in [0.2, 0.25) is 12.1 Å². The maximum absolute atomic E-state index is 6.18. The van der Waals surface area contributed by atoms with Gasteiger partial charge >= 0.3 is 0 Å². The molecule has 2 aromatic carbocycles. The minimum Gasteiger partial charge on any atom is -0.496 e. The summed E-state index contributed by atoms with van der Waals surface area (Å²) in [5, 5.41) is 3.20. The fourth-order valence-electron chi connectivity index (χ4n) is 5.47. The van der Waals surface area contributed by atoms with E-state index >= 15 is 0 Å². The number of rotatable bonds is 6. The molecule has 0 N–H and O–H groups in total. The molecule has 3 rings (SSSR count). The van der Waals surface area contributed by atoms with Crippen LogP contribution in [0.25, 0.3) is 11.1 Å². The Balaban J connectivity index is 2.34. The van der Waals surface area contributed by atoms with Crippen LogP contribution in [-0.2, 0) is 0 Å². The monoisotopic (exact) mass is 404 g/mol. The van der Waals surface area contributed by atoms with Crippen molar-refractivity contribution in [3.05, 3.63) is 69.9 Å². The van der Waals surface area contributed by atoms with Gasteiger partial charge in [-0.05, 0) is 56.0 Å². The van der Waals surface area contributed by atoms with Gasteiger partial charge in [0, 0.05) is 5.56 Å². The summed E-state index contributed by atoms with van der Waals surface area (Å²) in [6, 6.07) is 17.8. The SMILES string of the molecule is CC[Si](CC)(C1=C(C)C(C)=C(C)C1C)c1cc(C)cc(-c2ccccc2)c1OC. The number of methoxy groups -OCH3 is 1. The first-order valence-corrected chi connectivity index (χ1v) is 13.4. The highest BCUT2D eigenvalue weighted by atomic mass is 28.3. The lowest BCUT2D eigenvalue weighted by atomic mass is 10.0. The van der Waals surface area contributed by atoms with Gasteiger partial charge in [0.25, 0.3) is 0 Å². The Morgan fingerprint density at radius 1 is 0.897 bits per heavy atom. The van der Waals surface area contributed by atoms with Gasteiger partial charge in [0.05, 0.1) is 7.11 Å². The first-order valence-electron chi connectivity index (χ1n) is 11.0. The standard InChI is InChI=1S/C27H36OSi/c1-9-29(10-2,27-21(6)19(4)20(5)22(27)7)25-17-18(3)16-24(26(25)28-8)23-14-12-11-13-15-23/h11-17,21H,9-10H2,1-8H3. The highest BCUT2D eigenvalue weighted by molar-refractivity contribution is 6.98. The number of aryl methyl sites for hydroxylation is 1. The van der Waals surface area contributed by atoms with E-state index in [0.29, 0.717) is 5.92 Å². The Kier molecular flexibility index (Phi) is 6.23. The lowest BCUT2D eigenvalue weighted by Crippen LogP contribution is -2.51. The molecule has 1 atom stereocenters. The Hall–Kier alpha value is -2.06. The molecule has 1 aliphatic carbocycles. The van der Waals surface area contributed by atoms with Crippen molar-refractivity contribution in [3.63, 3.8) is 0 Å². The van der Waals surface area contributed by atoms with Crippen LogP contribution in [-0.4, -0.2) is 15.2 Å². The van der Waals surface area contributed by atoms with Crippen molar-refractivity contribution in [3.8, 4) is 16.9 Å². The average Bonchev–Trinajstić information content (AvgIpc) is 2.93. The molecule has 29 heavy (non-hydrogen) atoms. The van der Waals surface area contributed by atoms with Crippen LogP contribution in [0, 0.1) is 12.8 Å². The molecule has 0 spiro atoms. The zero-order valence-electron chi connectivity index (χ0n) is 19.4. The normalized spacial score (nSPS) is 17.3. The molecule has 0 aromatic heterocycles. The predicted octanol–water partition coefficient (Wildman–Crippen LogP) is 7.21. The highest BCUT2D eigenvalue weighted by Crippen LogP contribution is 2.45. The van der Waals surface area contributed by atoms with Crippen molar-refractivity contribution >= 4 is 13.3 Å². The van der Waals surface area contributed by atoms with Gasteiger partial charge in [-0.3, -0.25) is 0 Å². The maximum Gasteiger partial charge on any atom is 0.126 e. The Bertz CT molecular complexity index is 962. The summed E-state index contributed by atoms with van der Waals surface area (Å²) in [5.74, 6) is 1.62. The number of allylic oxidation sites excluding steroid dienone is 4. The molecule has 2 heteroatoms. The summed E-state index contributed by atoms with van der Waals surface area (Å²) in [5.41, 5.74) is 8.37. The summed E-state index contributed by atoms with van der Waals surface area (Å²) < 4.78 is 6.18. The second-order valence-electron chi connectivity index (χ2n) is 8.62. The predicted molar refractivity (Wildman–Crippen MR) is 130 cm³/mol. The topological polar surface area (TPSA) is 9.23 Å². The van der Waals surface area contributed by atoms with Gasteiger partial charge in [-0.25, -0.2) is 0 Å². The molecule has 0 bridgehead atoms. The van der Waals surface area contributed by atoms with E-state index in [1.54, 1.807) is 10.8 Å². The van der Waals surface area contributed by atoms with E-state index in [1.165, 1.54) is 45.1 Å². The minimum absolute atomic E-state index is 0.534. The van der Waals surface area contributed by atoms with E-state index < -0.39 is 8.07 Å². The molecule has 1 aliphatic rings. The minimum atomic E-state index is -1.94. The van der Waals surface area contributed by atoms with Crippen molar-refractivity contribution in [2.45, 2.75) is 60.6 Å². The summed E-state index contributed by atoms with van der Waals surface area (Å²) in [6.07, 6.45) is 0. The average molecular weight is 405 g/mol. The highest BCUT2D eigenvalue weighted by Gasteiger charge is 2.44. The van der Waals surface area contributed by atoms with Crippen molar-refractivity contribution in [1.29, 1.82) is 0 Å². The summed E-state index contributed by atoms with van der Waals surface area (Å²) in [4.78, 5) is 0. The molecule has 0 fully saturated rings. The molecule has 0 amide bonds. The van der Waals surface area contributed by atoms with Gasteiger partial charge < -0.3 is 4.74 Å². The Morgan fingerprint density at radius 3 is 2.00 bits per heavy atom. The van der Waals surface area contributed by atoms with Crippen LogP contribution >= 0.6 is 0 Å². The molecule has 0 radical (unpaired) electrons. The number of ether oxygens (including phenoxy) is 1. The number of benzene rings is 2. The molecular weight excluding hydrogens is 368 g/mol. The fraction of sp³-hybridized carbons (Fsp3) is 0.407. The van der Waals surface area contributed by atoms with Crippen molar-refractivity contribution in [1.82, 2.24) is 0 Å². The third-order valence-corrected chi connectivity index (χ3v) is 13.1. The quantitative estimate of drug-likeness (QED) is 0.462. The lowest BCUT2D eigenvalue weighted by molar-refractivity contribution is 0.419. The molecule has 154 valence electrons. The van der Waals surface area contributed by atoms with Gasteiger partial charge in [0.1, 0.15) is 13.8 Å². The van der Waals surface area contributed by atoms with Crippen LogP contribution in [0.3, 0.4) is 0 Å². The molecule has 0 saturated carbocycles. The van der Waals surface area contributed by atoms with Gasteiger partial charge in [-0.1, -0.05) is 91.2 Å². The fourth-order valence-corrected chi connectivity index (χ4v) is 10.9. The van der Waals surface area contributed by atoms with Crippen LogP contribution in [0.4, 0.5) is 0 Å². The molecule has 2 aromatic rings. The summed E-state index contributed by atoms with van der Waals surface area (Å²) in [7, 11) is -0.0981. The third kappa shape index (κ3) is 3.42. The van der Waals surface area contributed by atoms with E-state index in [4.69, 9.17) is 4.74 Å². The number of hydrogen-bond donors (Lipinski definition) is 0. The first-order chi connectivity index (χ1) is 13.8. The molecule has 1 unspecified atom stereocenters. The third-order valence-electron chi connectivity index (χ3n) is 7.40. The molecule has 0 aliphatic heterocycles. The zero-order valence-corrected chi connectivity index (χ0v) is 20.4. The van der Waals surface area contributed by atoms with E-state index in [9.17, 15) is 0 Å². The van der Waals surface area contributed by atoms with Gasteiger partial charge in [0.2, 0.25) is 0 Å². The van der Waals surface area contributed by atoms with Crippen molar-refractivity contribution < 1.29 is 4.74 Å². The second kappa shape index (κ2) is 8.35. The van der Waals surface area contributed by atoms with Crippen molar-refractivity contribution in [2.75, 3.05) is 7.11 Å². The first kappa shape index (κ1) is 21.6. The van der Waals surface area contributed by atoms with E-state index in [1.807, 2.05) is 7.11 Å². The van der Waals surface area contributed by atoms with E-state index in [2.05, 4.69) is 90.9 Å². The molecule has 1 nitrogen and oxygen atoms in total. The van der Waals surface area contributed by atoms with Crippen LogP contribution in [0.5, 0.6) is 5.75 Å². The van der Waals surface area contributed by atoms with Crippen molar-refractivity contribution in [2.24, 2.45) is 5.92 Å². The second-order valence-corrected chi connectivity index (χ2v) is 13.3. The smallest absolute Gasteiger partial charge is 0.126 e. The van der Waals surface area contributed by atoms with E-state index in [-0.39, 0.29) is 0 Å². The van der Waals surface area contributed by atoms with Crippen LogP contribution in [0.1, 0.15) is 47.1 Å². The Labute approximate surface area is 178 Å². The molecule has 0 heterocycles. The zero-order chi connectivity index (χ0) is 21.3. The van der Waals surface area contributed by atoms with Gasteiger partial charge in [-0.15, -0.1) is 0 Å². The molecule has 0 saturated heterocycles. The summed E-state index contributed by atoms with van der Waals surface area (Å²) >= 11 is 0.